The van der Waals surface area contributed by atoms with E-state index in [1.165, 1.54) is 12.3 Å². The van der Waals surface area contributed by atoms with E-state index in [1.807, 2.05) is 0 Å². The zero-order chi connectivity index (χ0) is 14.6. The second kappa shape index (κ2) is 5.98. The number of pyridine rings is 2. The first kappa shape index (κ1) is 14.4. The quantitative estimate of drug-likeness (QED) is 0.873. The Bertz CT molecular complexity index is 674. The van der Waals surface area contributed by atoms with Crippen molar-refractivity contribution < 1.29 is 8.42 Å². The van der Waals surface area contributed by atoms with Gasteiger partial charge in [0, 0.05) is 31.7 Å². The van der Waals surface area contributed by atoms with Crippen molar-refractivity contribution in [1.29, 1.82) is 0 Å². The summed E-state index contributed by atoms with van der Waals surface area (Å²) in [4.78, 5) is 8.04. The van der Waals surface area contributed by atoms with E-state index in [-0.39, 0.29) is 10.9 Å². The van der Waals surface area contributed by atoms with Crippen molar-refractivity contribution in [3.63, 3.8) is 0 Å². The molecule has 2 aromatic rings. The zero-order valence-corrected chi connectivity index (χ0v) is 12.1. The first-order valence-electron chi connectivity index (χ1n) is 6.09. The molecule has 0 aromatic carbocycles. The lowest BCUT2D eigenvalue weighted by Crippen LogP contribution is -2.27. The molecule has 0 saturated carbocycles. The van der Waals surface area contributed by atoms with Gasteiger partial charge in [0.2, 0.25) is 10.0 Å². The number of nitrogens with one attached hydrogen (secondary N) is 2. The van der Waals surface area contributed by atoms with Gasteiger partial charge in [-0.2, -0.15) is 0 Å². The van der Waals surface area contributed by atoms with Gasteiger partial charge in [-0.15, -0.1) is 0 Å². The zero-order valence-electron chi connectivity index (χ0n) is 11.2. The van der Waals surface area contributed by atoms with Crippen LogP contribution < -0.4 is 10.0 Å². The Morgan fingerprint density at radius 2 is 1.85 bits per heavy atom. The standard InChI is InChI=1S/C13H16N4O2S/c1-10(11-5-8-15-9-6-11)17-20(18,19)12-4-3-7-16-13(12)14-2/h3-10,17H,1-2H3,(H,14,16). The Labute approximate surface area is 118 Å². The van der Waals surface area contributed by atoms with Crippen LogP contribution in [0, 0.1) is 0 Å². The van der Waals surface area contributed by atoms with E-state index in [9.17, 15) is 8.42 Å². The van der Waals surface area contributed by atoms with E-state index >= 15 is 0 Å². The lowest BCUT2D eigenvalue weighted by Gasteiger charge is -2.15. The minimum Gasteiger partial charge on any atom is -0.372 e. The van der Waals surface area contributed by atoms with Gasteiger partial charge in [0.15, 0.2) is 0 Å². The summed E-state index contributed by atoms with van der Waals surface area (Å²) in [5.74, 6) is 0.321. The molecule has 106 valence electrons. The predicted octanol–water partition coefficient (Wildman–Crippen LogP) is 1.56. The van der Waals surface area contributed by atoms with Crippen LogP contribution in [0.2, 0.25) is 0 Å². The van der Waals surface area contributed by atoms with E-state index in [0.717, 1.165) is 5.56 Å². The highest BCUT2D eigenvalue weighted by molar-refractivity contribution is 7.89. The highest BCUT2D eigenvalue weighted by Crippen LogP contribution is 2.20. The average molecular weight is 292 g/mol. The lowest BCUT2D eigenvalue weighted by atomic mass is 10.1. The van der Waals surface area contributed by atoms with E-state index in [2.05, 4.69) is 20.0 Å². The first-order valence-corrected chi connectivity index (χ1v) is 7.58. The molecule has 2 heterocycles. The number of anilines is 1. The summed E-state index contributed by atoms with van der Waals surface area (Å²) in [5.41, 5.74) is 0.846. The molecule has 1 atom stereocenters. The Morgan fingerprint density at radius 1 is 1.15 bits per heavy atom. The van der Waals surface area contributed by atoms with E-state index in [1.54, 1.807) is 44.6 Å². The minimum absolute atomic E-state index is 0.128. The molecule has 0 spiro atoms. The van der Waals surface area contributed by atoms with Crippen molar-refractivity contribution >= 4 is 15.8 Å². The van der Waals surface area contributed by atoms with Gasteiger partial charge >= 0.3 is 0 Å². The molecular formula is C13H16N4O2S. The number of hydrogen-bond donors (Lipinski definition) is 2. The molecule has 0 saturated heterocycles. The third kappa shape index (κ3) is 3.12. The molecule has 7 heteroatoms. The molecule has 0 aliphatic carbocycles. The van der Waals surface area contributed by atoms with Gasteiger partial charge in [0.05, 0.1) is 0 Å². The van der Waals surface area contributed by atoms with Gasteiger partial charge in [0.25, 0.3) is 0 Å². The maximum absolute atomic E-state index is 12.4. The molecule has 0 amide bonds. The van der Waals surface area contributed by atoms with Crippen molar-refractivity contribution in [2.24, 2.45) is 0 Å². The maximum Gasteiger partial charge on any atom is 0.244 e. The fourth-order valence-electron chi connectivity index (χ4n) is 1.81. The smallest absolute Gasteiger partial charge is 0.244 e. The maximum atomic E-state index is 12.4. The molecule has 2 aromatic heterocycles. The second-order valence-corrected chi connectivity index (χ2v) is 5.91. The van der Waals surface area contributed by atoms with Crippen LogP contribution in [0.15, 0.2) is 47.8 Å². The van der Waals surface area contributed by atoms with Crippen molar-refractivity contribution in [1.82, 2.24) is 14.7 Å². The highest BCUT2D eigenvalue weighted by atomic mass is 32.2. The Balaban J connectivity index is 2.28. The molecular weight excluding hydrogens is 276 g/mol. The summed E-state index contributed by atoms with van der Waals surface area (Å²) in [5, 5.41) is 2.77. The molecule has 0 radical (unpaired) electrons. The summed E-state index contributed by atoms with van der Waals surface area (Å²) in [6, 6.07) is 6.30. The van der Waals surface area contributed by atoms with Crippen molar-refractivity contribution in [2.75, 3.05) is 12.4 Å². The van der Waals surface area contributed by atoms with E-state index in [4.69, 9.17) is 0 Å². The Kier molecular flexibility index (Phi) is 4.31. The summed E-state index contributed by atoms with van der Waals surface area (Å²) >= 11 is 0. The highest BCUT2D eigenvalue weighted by Gasteiger charge is 2.21. The SMILES string of the molecule is CNc1ncccc1S(=O)(=O)NC(C)c1ccncc1. The van der Waals surface area contributed by atoms with Crippen LogP contribution in [0.5, 0.6) is 0 Å². The number of nitrogens with zero attached hydrogens (tertiary/aromatic N) is 2. The second-order valence-electron chi connectivity index (χ2n) is 4.22. The van der Waals surface area contributed by atoms with Crippen molar-refractivity contribution in [2.45, 2.75) is 17.9 Å². The van der Waals surface area contributed by atoms with Gasteiger partial charge in [-0.05, 0) is 36.8 Å². The van der Waals surface area contributed by atoms with Crippen LogP contribution in [0.3, 0.4) is 0 Å². The summed E-state index contributed by atoms with van der Waals surface area (Å²) in [7, 11) is -2.01. The molecule has 0 aliphatic rings. The van der Waals surface area contributed by atoms with E-state index in [0.29, 0.717) is 5.82 Å². The predicted molar refractivity (Wildman–Crippen MR) is 76.8 cm³/mol. The average Bonchev–Trinajstić information content (AvgIpc) is 2.47. The van der Waals surface area contributed by atoms with E-state index < -0.39 is 10.0 Å². The van der Waals surface area contributed by atoms with Crippen LogP contribution in [-0.2, 0) is 10.0 Å². The van der Waals surface area contributed by atoms with Crippen LogP contribution in [-0.4, -0.2) is 25.4 Å². The molecule has 0 fully saturated rings. The van der Waals surface area contributed by atoms with Gasteiger partial charge in [0.1, 0.15) is 10.7 Å². The lowest BCUT2D eigenvalue weighted by molar-refractivity contribution is 0.567. The first-order chi connectivity index (χ1) is 9.54. The topological polar surface area (TPSA) is 84.0 Å². The minimum atomic E-state index is -3.65. The molecule has 2 rings (SSSR count). The third-order valence-electron chi connectivity index (χ3n) is 2.84. The van der Waals surface area contributed by atoms with Crippen molar-refractivity contribution in [3.8, 4) is 0 Å². The van der Waals surface area contributed by atoms with Crippen LogP contribution in [0.1, 0.15) is 18.5 Å². The third-order valence-corrected chi connectivity index (χ3v) is 4.41. The number of aromatic nitrogens is 2. The summed E-state index contributed by atoms with van der Waals surface area (Å²) in [6.07, 6.45) is 4.80. The number of sulfonamides is 1. The molecule has 1 unspecified atom stereocenters. The number of hydrogen-bond acceptors (Lipinski definition) is 5. The van der Waals surface area contributed by atoms with Gasteiger partial charge in [-0.3, -0.25) is 4.98 Å². The molecule has 2 N–H and O–H groups in total. The van der Waals surface area contributed by atoms with Crippen LogP contribution >= 0.6 is 0 Å². The Hall–Kier alpha value is -1.99. The summed E-state index contributed by atoms with van der Waals surface area (Å²) in [6.45, 7) is 1.78. The fourth-order valence-corrected chi connectivity index (χ4v) is 3.21. The van der Waals surface area contributed by atoms with Crippen molar-refractivity contribution in [3.05, 3.63) is 48.4 Å². The Morgan fingerprint density at radius 3 is 2.50 bits per heavy atom. The molecule has 0 bridgehead atoms. The largest absolute Gasteiger partial charge is 0.372 e. The summed E-state index contributed by atoms with van der Waals surface area (Å²) < 4.78 is 27.4. The van der Waals surface area contributed by atoms with Gasteiger partial charge < -0.3 is 5.32 Å². The fraction of sp³-hybridized carbons (Fsp3) is 0.231. The van der Waals surface area contributed by atoms with Gasteiger partial charge in [-0.1, -0.05) is 0 Å². The monoisotopic (exact) mass is 292 g/mol. The molecule has 0 aliphatic heterocycles. The van der Waals surface area contributed by atoms with Crippen LogP contribution in [0.25, 0.3) is 0 Å². The van der Waals surface area contributed by atoms with Gasteiger partial charge in [-0.25, -0.2) is 18.1 Å². The number of rotatable bonds is 5. The van der Waals surface area contributed by atoms with Crippen LogP contribution in [0.4, 0.5) is 5.82 Å². The molecule has 6 nitrogen and oxygen atoms in total. The normalized spacial score (nSPS) is 12.9. The molecule has 20 heavy (non-hydrogen) atoms.